The molecule has 0 amide bonds. The van der Waals surface area contributed by atoms with E-state index < -0.39 is 0 Å². The fourth-order valence-corrected chi connectivity index (χ4v) is 2.65. The van der Waals surface area contributed by atoms with Crippen LogP contribution in [0.15, 0.2) is 0 Å². The SMILES string of the molecule is ClC1(Cl)C2C[CH]CCC21. The van der Waals surface area contributed by atoms with Crippen LogP contribution in [-0.4, -0.2) is 4.33 Å². The highest BCUT2D eigenvalue weighted by Gasteiger charge is 2.62. The highest BCUT2D eigenvalue weighted by atomic mass is 35.5. The van der Waals surface area contributed by atoms with Crippen LogP contribution in [0.1, 0.15) is 19.3 Å². The van der Waals surface area contributed by atoms with E-state index in [-0.39, 0.29) is 4.33 Å². The zero-order valence-corrected chi connectivity index (χ0v) is 6.62. The summed E-state index contributed by atoms with van der Waals surface area (Å²) >= 11 is 11.9. The van der Waals surface area contributed by atoms with Gasteiger partial charge in [-0.15, -0.1) is 23.2 Å². The van der Waals surface area contributed by atoms with Gasteiger partial charge in [0.05, 0.1) is 0 Å². The Labute approximate surface area is 65.5 Å². The van der Waals surface area contributed by atoms with Crippen molar-refractivity contribution < 1.29 is 0 Å². The van der Waals surface area contributed by atoms with Crippen molar-refractivity contribution in [3.63, 3.8) is 0 Å². The molecule has 51 valence electrons. The molecule has 2 atom stereocenters. The Bertz CT molecular complexity index is 117. The van der Waals surface area contributed by atoms with Gasteiger partial charge < -0.3 is 0 Å². The van der Waals surface area contributed by atoms with Gasteiger partial charge in [0.1, 0.15) is 4.33 Å². The van der Waals surface area contributed by atoms with Crippen molar-refractivity contribution >= 4 is 23.2 Å². The molecule has 1 radical (unpaired) electrons. The van der Waals surface area contributed by atoms with Crippen molar-refractivity contribution in [2.75, 3.05) is 0 Å². The number of rotatable bonds is 0. The van der Waals surface area contributed by atoms with Crippen molar-refractivity contribution in [1.82, 2.24) is 0 Å². The van der Waals surface area contributed by atoms with Gasteiger partial charge in [0, 0.05) is 0 Å². The fourth-order valence-electron chi connectivity index (χ4n) is 1.77. The summed E-state index contributed by atoms with van der Waals surface area (Å²) in [5.74, 6) is 1.21. The molecule has 2 rings (SSSR count). The Hall–Kier alpha value is 0.580. The predicted octanol–water partition coefficient (Wildman–Crippen LogP) is 2.79. The molecule has 0 nitrogen and oxygen atoms in total. The molecule has 0 aromatic heterocycles. The molecule has 0 N–H and O–H groups in total. The zero-order valence-electron chi connectivity index (χ0n) is 5.11. The molecule has 2 saturated carbocycles. The smallest absolute Gasteiger partial charge is 0.101 e. The van der Waals surface area contributed by atoms with E-state index in [1.807, 2.05) is 0 Å². The van der Waals surface area contributed by atoms with Gasteiger partial charge in [-0.2, -0.15) is 0 Å². The van der Waals surface area contributed by atoms with E-state index in [2.05, 4.69) is 6.42 Å². The van der Waals surface area contributed by atoms with Crippen LogP contribution in [0.4, 0.5) is 0 Å². The Kier molecular flexibility index (Phi) is 1.26. The van der Waals surface area contributed by atoms with Crippen LogP contribution < -0.4 is 0 Å². The number of hydrogen-bond acceptors (Lipinski definition) is 0. The highest BCUT2D eigenvalue weighted by molar-refractivity contribution is 6.51. The topological polar surface area (TPSA) is 0 Å². The van der Waals surface area contributed by atoms with E-state index in [1.165, 1.54) is 12.8 Å². The molecule has 2 aliphatic rings. The minimum absolute atomic E-state index is 0.340. The van der Waals surface area contributed by atoms with E-state index in [0.717, 1.165) is 6.42 Å². The molecular weight excluding hydrogens is 155 g/mol. The van der Waals surface area contributed by atoms with Crippen molar-refractivity contribution in [2.24, 2.45) is 11.8 Å². The average molecular weight is 164 g/mol. The van der Waals surface area contributed by atoms with Gasteiger partial charge in [-0.3, -0.25) is 0 Å². The maximum atomic E-state index is 5.96. The summed E-state index contributed by atoms with van der Waals surface area (Å²) in [6.45, 7) is 0. The molecule has 0 saturated heterocycles. The van der Waals surface area contributed by atoms with Crippen LogP contribution in [0, 0.1) is 18.3 Å². The first-order valence-electron chi connectivity index (χ1n) is 3.42. The zero-order chi connectivity index (χ0) is 6.48. The third-order valence-electron chi connectivity index (χ3n) is 2.47. The molecular formula is C7H9Cl2. The summed E-state index contributed by atoms with van der Waals surface area (Å²) in [7, 11) is 0. The van der Waals surface area contributed by atoms with E-state index in [0.29, 0.717) is 11.8 Å². The molecule has 2 fully saturated rings. The molecule has 0 aromatic rings. The molecule has 0 bridgehead atoms. The number of hydrogen-bond donors (Lipinski definition) is 0. The normalized spacial score (nSPS) is 46.0. The summed E-state index contributed by atoms with van der Waals surface area (Å²) in [5.41, 5.74) is 0. The lowest BCUT2D eigenvalue weighted by Crippen LogP contribution is -1.92. The van der Waals surface area contributed by atoms with Crippen molar-refractivity contribution in [2.45, 2.75) is 23.6 Å². The Balaban J connectivity index is 2.06. The lowest BCUT2D eigenvalue weighted by Gasteiger charge is -2.03. The summed E-state index contributed by atoms with van der Waals surface area (Å²) < 4.78 is -0.340. The Morgan fingerprint density at radius 1 is 1.33 bits per heavy atom. The average Bonchev–Trinajstić information content (AvgIpc) is 2.39. The fraction of sp³-hybridized carbons (Fsp3) is 0.857. The number of halogens is 2. The van der Waals surface area contributed by atoms with Gasteiger partial charge in [-0.25, -0.2) is 0 Å². The van der Waals surface area contributed by atoms with E-state index in [9.17, 15) is 0 Å². The highest BCUT2D eigenvalue weighted by Crippen LogP contribution is 2.65. The van der Waals surface area contributed by atoms with Crippen LogP contribution in [0.5, 0.6) is 0 Å². The minimum Gasteiger partial charge on any atom is -0.101 e. The van der Waals surface area contributed by atoms with Crippen LogP contribution in [0.25, 0.3) is 0 Å². The first-order valence-corrected chi connectivity index (χ1v) is 4.18. The number of alkyl halides is 2. The molecule has 2 unspecified atom stereocenters. The first-order chi connectivity index (χ1) is 4.23. The third-order valence-corrected chi connectivity index (χ3v) is 3.59. The van der Waals surface area contributed by atoms with Gasteiger partial charge in [-0.05, 0) is 37.5 Å². The minimum atomic E-state index is -0.340. The Morgan fingerprint density at radius 3 is 2.56 bits per heavy atom. The van der Waals surface area contributed by atoms with Gasteiger partial charge in [0.25, 0.3) is 0 Å². The number of fused-ring (bicyclic) bond motifs is 1. The van der Waals surface area contributed by atoms with Crippen molar-refractivity contribution in [3.8, 4) is 0 Å². The van der Waals surface area contributed by atoms with E-state index in [1.54, 1.807) is 0 Å². The second-order valence-electron chi connectivity index (χ2n) is 2.99. The maximum absolute atomic E-state index is 5.96. The van der Waals surface area contributed by atoms with Crippen LogP contribution >= 0.6 is 23.2 Å². The standard InChI is InChI=1S/C7H9Cl2/c8-7(9)5-3-1-2-4-6(5)7/h1,5-6H,2-4H2. The second-order valence-corrected chi connectivity index (χ2v) is 4.43. The molecule has 0 spiro atoms. The maximum Gasteiger partial charge on any atom is 0.124 e. The third kappa shape index (κ3) is 0.798. The van der Waals surface area contributed by atoms with Gasteiger partial charge in [0.2, 0.25) is 0 Å². The quantitative estimate of drug-likeness (QED) is 0.483. The van der Waals surface area contributed by atoms with Gasteiger partial charge in [-0.1, -0.05) is 0 Å². The Morgan fingerprint density at radius 2 is 2.11 bits per heavy atom. The molecule has 2 aliphatic carbocycles. The molecule has 9 heavy (non-hydrogen) atoms. The van der Waals surface area contributed by atoms with Crippen LogP contribution in [0.3, 0.4) is 0 Å². The molecule has 2 heteroatoms. The molecule has 0 aromatic carbocycles. The lowest BCUT2D eigenvalue weighted by molar-refractivity contribution is 0.562. The largest absolute Gasteiger partial charge is 0.124 e. The summed E-state index contributed by atoms with van der Waals surface area (Å²) in [5, 5.41) is 0. The van der Waals surface area contributed by atoms with Crippen molar-refractivity contribution in [1.29, 1.82) is 0 Å². The van der Waals surface area contributed by atoms with Crippen molar-refractivity contribution in [3.05, 3.63) is 6.42 Å². The first kappa shape index (κ1) is 6.30. The van der Waals surface area contributed by atoms with Gasteiger partial charge in [0.15, 0.2) is 0 Å². The lowest BCUT2D eigenvalue weighted by atomic mass is 10.0. The van der Waals surface area contributed by atoms with E-state index >= 15 is 0 Å². The molecule has 0 aliphatic heterocycles. The van der Waals surface area contributed by atoms with Crippen LogP contribution in [-0.2, 0) is 0 Å². The predicted molar refractivity (Wildman–Crippen MR) is 39.6 cm³/mol. The van der Waals surface area contributed by atoms with Crippen LogP contribution in [0.2, 0.25) is 0 Å². The van der Waals surface area contributed by atoms with E-state index in [4.69, 9.17) is 23.2 Å². The summed E-state index contributed by atoms with van der Waals surface area (Å²) in [4.78, 5) is 0. The summed E-state index contributed by atoms with van der Waals surface area (Å²) in [6, 6.07) is 0. The molecule has 0 heterocycles. The second kappa shape index (κ2) is 1.79. The monoisotopic (exact) mass is 163 g/mol. The van der Waals surface area contributed by atoms with Gasteiger partial charge >= 0.3 is 0 Å². The summed E-state index contributed by atoms with van der Waals surface area (Å²) in [6.07, 6.45) is 5.85.